The molecule has 0 aliphatic carbocycles. The van der Waals surface area contributed by atoms with E-state index in [1.165, 1.54) is 0 Å². The summed E-state index contributed by atoms with van der Waals surface area (Å²) in [5.74, 6) is 0.963. The summed E-state index contributed by atoms with van der Waals surface area (Å²) in [4.78, 5) is 24.6. The smallest absolute Gasteiger partial charge is 0.323 e. The highest BCUT2D eigenvalue weighted by Crippen LogP contribution is 2.30. The zero-order valence-electron chi connectivity index (χ0n) is 16.2. The van der Waals surface area contributed by atoms with Gasteiger partial charge in [0.1, 0.15) is 0 Å². The number of anilines is 3. The number of rotatable bonds is 4. The number of hydrogen-bond donors (Lipinski definition) is 3. The van der Waals surface area contributed by atoms with E-state index in [0.717, 1.165) is 6.42 Å². The normalized spacial score (nSPS) is 12.4. The van der Waals surface area contributed by atoms with E-state index >= 15 is 0 Å². The molecule has 0 spiro atoms. The molecule has 0 radical (unpaired) electrons. The SMILES string of the molecule is O=C(Nc1ccccc1)Nc1ccc(NC(=O)c2ccc3c(c2)OCCCO3)cc1. The Morgan fingerprint density at radius 2 is 1.27 bits per heavy atom. The molecule has 4 rings (SSSR count). The monoisotopic (exact) mass is 403 g/mol. The summed E-state index contributed by atoms with van der Waals surface area (Å²) in [6.07, 6.45) is 0.806. The van der Waals surface area contributed by atoms with E-state index in [0.29, 0.717) is 47.3 Å². The first-order valence-electron chi connectivity index (χ1n) is 9.61. The van der Waals surface area contributed by atoms with E-state index in [-0.39, 0.29) is 11.9 Å². The van der Waals surface area contributed by atoms with Crippen LogP contribution in [-0.2, 0) is 0 Å². The molecule has 3 N–H and O–H groups in total. The number of carbonyl (C=O) groups excluding carboxylic acids is 2. The molecule has 7 nitrogen and oxygen atoms in total. The van der Waals surface area contributed by atoms with E-state index in [1.54, 1.807) is 54.6 Å². The van der Waals surface area contributed by atoms with Crippen molar-refractivity contribution >= 4 is 29.0 Å². The molecule has 0 saturated heterocycles. The summed E-state index contributed by atoms with van der Waals surface area (Å²) in [5, 5.41) is 8.33. The van der Waals surface area contributed by atoms with Crippen LogP contribution in [0.4, 0.5) is 21.9 Å². The third-order valence-corrected chi connectivity index (χ3v) is 4.44. The van der Waals surface area contributed by atoms with Crippen molar-refractivity contribution in [2.24, 2.45) is 0 Å². The Bertz CT molecular complexity index is 1040. The highest BCUT2D eigenvalue weighted by atomic mass is 16.5. The van der Waals surface area contributed by atoms with Crippen LogP contribution in [0.2, 0.25) is 0 Å². The highest BCUT2D eigenvalue weighted by Gasteiger charge is 2.14. The van der Waals surface area contributed by atoms with Gasteiger partial charge in [0.05, 0.1) is 13.2 Å². The van der Waals surface area contributed by atoms with Crippen LogP contribution in [-0.4, -0.2) is 25.2 Å². The molecule has 1 heterocycles. The van der Waals surface area contributed by atoms with Crippen LogP contribution >= 0.6 is 0 Å². The van der Waals surface area contributed by atoms with Gasteiger partial charge in [0, 0.05) is 29.0 Å². The van der Waals surface area contributed by atoms with Crippen LogP contribution in [0.1, 0.15) is 16.8 Å². The molecule has 0 aromatic heterocycles. The van der Waals surface area contributed by atoms with Gasteiger partial charge in [0.15, 0.2) is 11.5 Å². The summed E-state index contributed by atoms with van der Waals surface area (Å²) >= 11 is 0. The second kappa shape index (κ2) is 9.00. The molecular formula is C23H21N3O4. The number of nitrogens with one attached hydrogen (secondary N) is 3. The average Bonchev–Trinajstić information content (AvgIpc) is 3.00. The Kier molecular flexibility index (Phi) is 5.80. The lowest BCUT2D eigenvalue weighted by molar-refractivity contribution is 0.102. The zero-order chi connectivity index (χ0) is 20.8. The molecule has 0 fully saturated rings. The Labute approximate surface area is 174 Å². The number of fused-ring (bicyclic) bond motifs is 1. The van der Waals surface area contributed by atoms with Crippen LogP contribution in [0.15, 0.2) is 72.8 Å². The third kappa shape index (κ3) is 4.88. The molecule has 3 aromatic rings. The molecule has 152 valence electrons. The Morgan fingerprint density at radius 1 is 0.667 bits per heavy atom. The summed E-state index contributed by atoms with van der Waals surface area (Å²) in [6, 6.07) is 20.8. The lowest BCUT2D eigenvalue weighted by Crippen LogP contribution is -2.19. The van der Waals surface area contributed by atoms with Crippen molar-refractivity contribution in [3.05, 3.63) is 78.4 Å². The second-order valence-electron chi connectivity index (χ2n) is 6.69. The van der Waals surface area contributed by atoms with Gasteiger partial charge in [-0.25, -0.2) is 4.79 Å². The minimum absolute atomic E-state index is 0.256. The number of carbonyl (C=O) groups is 2. The highest BCUT2D eigenvalue weighted by molar-refractivity contribution is 6.05. The van der Waals surface area contributed by atoms with Crippen molar-refractivity contribution in [1.29, 1.82) is 0 Å². The minimum Gasteiger partial charge on any atom is -0.490 e. The topological polar surface area (TPSA) is 88.7 Å². The van der Waals surface area contributed by atoms with Gasteiger partial charge in [0.25, 0.3) is 5.91 Å². The van der Waals surface area contributed by atoms with Gasteiger partial charge in [-0.15, -0.1) is 0 Å². The van der Waals surface area contributed by atoms with Crippen LogP contribution in [0.3, 0.4) is 0 Å². The van der Waals surface area contributed by atoms with Gasteiger partial charge in [-0.3, -0.25) is 4.79 Å². The molecule has 3 amide bonds. The number of amides is 3. The van der Waals surface area contributed by atoms with E-state index in [2.05, 4.69) is 16.0 Å². The van der Waals surface area contributed by atoms with Gasteiger partial charge in [0.2, 0.25) is 0 Å². The number of urea groups is 1. The van der Waals surface area contributed by atoms with Crippen LogP contribution in [0.25, 0.3) is 0 Å². The number of hydrogen-bond acceptors (Lipinski definition) is 4. The van der Waals surface area contributed by atoms with Crippen LogP contribution < -0.4 is 25.4 Å². The lowest BCUT2D eigenvalue weighted by atomic mass is 10.1. The fourth-order valence-corrected chi connectivity index (χ4v) is 2.96. The minimum atomic E-state index is -0.342. The first kappa shape index (κ1) is 19.3. The molecule has 0 bridgehead atoms. The molecule has 1 aliphatic heterocycles. The maximum atomic E-state index is 12.6. The Balaban J connectivity index is 1.35. The van der Waals surface area contributed by atoms with Crippen molar-refractivity contribution in [3.8, 4) is 11.5 Å². The predicted molar refractivity (Wildman–Crippen MR) is 116 cm³/mol. The number of benzene rings is 3. The largest absolute Gasteiger partial charge is 0.490 e. The summed E-state index contributed by atoms with van der Waals surface area (Å²) in [5.41, 5.74) is 2.40. The van der Waals surface area contributed by atoms with Gasteiger partial charge < -0.3 is 25.4 Å². The van der Waals surface area contributed by atoms with Crippen molar-refractivity contribution < 1.29 is 19.1 Å². The molecule has 1 aliphatic rings. The fraction of sp³-hybridized carbons (Fsp3) is 0.130. The predicted octanol–water partition coefficient (Wildman–Crippen LogP) is 4.74. The zero-order valence-corrected chi connectivity index (χ0v) is 16.2. The summed E-state index contributed by atoms with van der Waals surface area (Å²) in [6.45, 7) is 1.16. The van der Waals surface area contributed by atoms with E-state index in [4.69, 9.17) is 9.47 Å². The van der Waals surface area contributed by atoms with E-state index in [9.17, 15) is 9.59 Å². The molecule has 7 heteroatoms. The number of ether oxygens (including phenoxy) is 2. The van der Waals surface area contributed by atoms with Crippen LogP contribution in [0.5, 0.6) is 11.5 Å². The molecule has 3 aromatic carbocycles. The van der Waals surface area contributed by atoms with Crippen LogP contribution in [0, 0.1) is 0 Å². The maximum absolute atomic E-state index is 12.6. The molecule has 30 heavy (non-hydrogen) atoms. The molecule has 0 atom stereocenters. The Hall–Kier alpha value is -4.00. The van der Waals surface area contributed by atoms with E-state index < -0.39 is 0 Å². The third-order valence-electron chi connectivity index (χ3n) is 4.44. The van der Waals surface area contributed by atoms with Gasteiger partial charge >= 0.3 is 6.03 Å². The van der Waals surface area contributed by atoms with Gasteiger partial charge in [-0.1, -0.05) is 18.2 Å². The number of para-hydroxylation sites is 1. The Morgan fingerprint density at radius 3 is 1.97 bits per heavy atom. The summed E-state index contributed by atoms with van der Waals surface area (Å²) in [7, 11) is 0. The lowest BCUT2D eigenvalue weighted by Gasteiger charge is -2.11. The quantitative estimate of drug-likeness (QED) is 0.587. The first-order valence-corrected chi connectivity index (χ1v) is 9.61. The van der Waals surface area contributed by atoms with E-state index in [1.807, 2.05) is 18.2 Å². The summed E-state index contributed by atoms with van der Waals surface area (Å²) < 4.78 is 11.2. The second-order valence-corrected chi connectivity index (χ2v) is 6.69. The average molecular weight is 403 g/mol. The van der Waals surface area contributed by atoms with Crippen molar-refractivity contribution in [1.82, 2.24) is 0 Å². The van der Waals surface area contributed by atoms with Gasteiger partial charge in [-0.05, 0) is 54.6 Å². The molecule has 0 unspecified atom stereocenters. The molecule has 0 saturated carbocycles. The van der Waals surface area contributed by atoms with Crippen molar-refractivity contribution in [2.75, 3.05) is 29.2 Å². The maximum Gasteiger partial charge on any atom is 0.323 e. The molecular weight excluding hydrogens is 382 g/mol. The van der Waals surface area contributed by atoms with Crippen molar-refractivity contribution in [3.63, 3.8) is 0 Å². The van der Waals surface area contributed by atoms with Gasteiger partial charge in [-0.2, -0.15) is 0 Å². The standard InChI is InChI=1S/C23H21N3O4/c27-22(16-7-12-20-21(15-16)30-14-4-13-29-20)24-18-8-10-19(11-9-18)26-23(28)25-17-5-2-1-3-6-17/h1-3,5-12,15H,4,13-14H2,(H,24,27)(H2,25,26,28). The fourth-order valence-electron chi connectivity index (χ4n) is 2.96. The van der Waals surface area contributed by atoms with Crippen molar-refractivity contribution in [2.45, 2.75) is 6.42 Å². The first-order chi connectivity index (χ1) is 14.7.